The monoisotopic (exact) mass is 422 g/mol. The maximum absolute atomic E-state index is 13.3. The second-order valence-corrected chi connectivity index (χ2v) is 7.98. The van der Waals surface area contributed by atoms with Gasteiger partial charge in [0.25, 0.3) is 0 Å². The SMILES string of the molecule is O=C1C[C@@H](C2=Cc3ccccc3OC2)c2c(ccc3c(=O)c(-c4ccccc4)coc23)O1. The molecule has 4 aromatic rings. The number of benzene rings is 3. The van der Waals surface area contributed by atoms with Gasteiger partial charge in [-0.1, -0.05) is 48.5 Å². The Hall–Kier alpha value is -4.12. The van der Waals surface area contributed by atoms with Gasteiger partial charge in [-0.05, 0) is 35.4 Å². The van der Waals surface area contributed by atoms with Crippen LogP contribution in [0.15, 0.2) is 87.8 Å². The molecule has 0 N–H and O–H groups in total. The first-order valence-corrected chi connectivity index (χ1v) is 10.5. The van der Waals surface area contributed by atoms with Gasteiger partial charge >= 0.3 is 5.97 Å². The molecule has 2 aliphatic rings. The largest absolute Gasteiger partial charge is 0.489 e. The van der Waals surface area contributed by atoms with Crippen molar-refractivity contribution in [3.05, 3.63) is 99.9 Å². The van der Waals surface area contributed by atoms with E-state index in [1.165, 1.54) is 6.26 Å². The van der Waals surface area contributed by atoms with E-state index < -0.39 is 0 Å². The third-order valence-corrected chi connectivity index (χ3v) is 6.07. The van der Waals surface area contributed by atoms with E-state index in [1.54, 1.807) is 12.1 Å². The molecule has 3 aromatic carbocycles. The molecule has 0 saturated heterocycles. The molecule has 0 amide bonds. The molecule has 0 aliphatic carbocycles. The van der Waals surface area contributed by atoms with Gasteiger partial charge in [0.05, 0.1) is 17.4 Å². The Labute approximate surface area is 183 Å². The van der Waals surface area contributed by atoms with E-state index in [4.69, 9.17) is 13.9 Å². The van der Waals surface area contributed by atoms with Crippen molar-refractivity contribution in [1.29, 1.82) is 0 Å². The fourth-order valence-corrected chi connectivity index (χ4v) is 4.52. The standard InChI is InChI=1S/C27H18O5/c28-24-13-20(18-12-17-8-4-5-9-22(17)30-14-18)25-23(32-24)11-10-19-26(29)21(15-31-27(19)25)16-6-2-1-3-7-16/h1-12,15,20H,13-14H2/t20-/m0/s1. The van der Waals surface area contributed by atoms with Crippen LogP contribution >= 0.6 is 0 Å². The lowest BCUT2D eigenvalue weighted by Crippen LogP contribution is -2.25. The van der Waals surface area contributed by atoms with Crippen molar-refractivity contribution in [2.24, 2.45) is 0 Å². The van der Waals surface area contributed by atoms with E-state index in [0.29, 0.717) is 34.5 Å². The fourth-order valence-electron chi connectivity index (χ4n) is 4.52. The summed E-state index contributed by atoms with van der Waals surface area (Å²) in [5, 5.41) is 0.464. The first-order valence-electron chi connectivity index (χ1n) is 10.5. The average molecular weight is 422 g/mol. The second-order valence-electron chi connectivity index (χ2n) is 7.98. The van der Waals surface area contributed by atoms with Crippen LogP contribution in [0.2, 0.25) is 0 Å². The van der Waals surface area contributed by atoms with Crippen molar-refractivity contribution in [1.82, 2.24) is 0 Å². The van der Waals surface area contributed by atoms with Gasteiger partial charge in [-0.3, -0.25) is 9.59 Å². The van der Waals surface area contributed by atoms with E-state index in [2.05, 4.69) is 6.08 Å². The van der Waals surface area contributed by atoms with Gasteiger partial charge in [0.1, 0.15) is 30.0 Å². The topological polar surface area (TPSA) is 65.7 Å². The van der Waals surface area contributed by atoms with Crippen molar-refractivity contribution in [2.45, 2.75) is 12.3 Å². The van der Waals surface area contributed by atoms with E-state index in [-0.39, 0.29) is 23.7 Å². The average Bonchev–Trinajstić information content (AvgIpc) is 2.83. The number of ether oxygens (including phenoxy) is 2. The lowest BCUT2D eigenvalue weighted by atomic mass is 9.83. The molecule has 5 nitrogen and oxygen atoms in total. The summed E-state index contributed by atoms with van der Waals surface area (Å²) in [6, 6.07) is 20.6. The Morgan fingerprint density at radius 3 is 2.53 bits per heavy atom. The van der Waals surface area contributed by atoms with Crippen LogP contribution in [0.4, 0.5) is 0 Å². The molecule has 0 bridgehead atoms. The number of hydrogen-bond acceptors (Lipinski definition) is 5. The zero-order valence-electron chi connectivity index (χ0n) is 17.0. The quantitative estimate of drug-likeness (QED) is 0.323. The molecule has 1 atom stereocenters. The molecule has 6 rings (SSSR count). The minimum absolute atomic E-state index is 0.116. The van der Waals surface area contributed by atoms with E-state index >= 15 is 0 Å². The molecule has 156 valence electrons. The number of hydrogen-bond donors (Lipinski definition) is 0. The first-order chi connectivity index (χ1) is 15.7. The minimum atomic E-state index is -0.315. The van der Waals surface area contributed by atoms with Crippen molar-refractivity contribution in [3.8, 4) is 22.6 Å². The lowest BCUT2D eigenvalue weighted by molar-refractivity contribution is -0.135. The van der Waals surface area contributed by atoms with Crippen molar-refractivity contribution < 1.29 is 18.7 Å². The molecule has 0 unspecified atom stereocenters. The Kier molecular flexibility index (Phi) is 4.21. The molecule has 2 aliphatic heterocycles. The first kappa shape index (κ1) is 18.6. The van der Waals surface area contributed by atoms with Gasteiger partial charge in [0, 0.05) is 17.0 Å². The van der Waals surface area contributed by atoms with Crippen LogP contribution in [0.3, 0.4) is 0 Å². The fraction of sp³-hybridized carbons (Fsp3) is 0.111. The predicted octanol–water partition coefficient (Wildman–Crippen LogP) is 5.33. The van der Waals surface area contributed by atoms with Crippen LogP contribution in [0.5, 0.6) is 11.5 Å². The number of carbonyl (C=O) groups excluding carboxylic acids is 1. The second kappa shape index (κ2) is 7.24. The van der Waals surface area contributed by atoms with E-state index in [0.717, 1.165) is 22.4 Å². The third-order valence-electron chi connectivity index (χ3n) is 6.07. The van der Waals surface area contributed by atoms with Gasteiger partial charge < -0.3 is 13.9 Å². The zero-order valence-corrected chi connectivity index (χ0v) is 17.0. The maximum atomic E-state index is 13.3. The van der Waals surface area contributed by atoms with Gasteiger partial charge in [0.2, 0.25) is 5.43 Å². The Morgan fingerprint density at radius 1 is 0.844 bits per heavy atom. The number of esters is 1. The van der Waals surface area contributed by atoms with Crippen LogP contribution < -0.4 is 14.9 Å². The Morgan fingerprint density at radius 2 is 1.66 bits per heavy atom. The van der Waals surface area contributed by atoms with Gasteiger partial charge in [-0.2, -0.15) is 0 Å². The highest BCUT2D eigenvalue weighted by Crippen LogP contribution is 2.44. The molecule has 3 heterocycles. The molecule has 5 heteroatoms. The summed E-state index contributed by atoms with van der Waals surface area (Å²) >= 11 is 0. The van der Waals surface area contributed by atoms with Crippen molar-refractivity contribution in [2.75, 3.05) is 6.61 Å². The summed E-state index contributed by atoms with van der Waals surface area (Å²) in [7, 11) is 0. The molecule has 0 spiro atoms. The van der Waals surface area contributed by atoms with Crippen LogP contribution in [0.25, 0.3) is 28.2 Å². The molecule has 32 heavy (non-hydrogen) atoms. The summed E-state index contributed by atoms with van der Waals surface area (Å²) in [4.78, 5) is 25.7. The number of carbonyl (C=O) groups is 1. The molecular weight excluding hydrogens is 404 g/mol. The minimum Gasteiger partial charge on any atom is -0.489 e. The highest BCUT2D eigenvalue weighted by molar-refractivity contribution is 5.90. The summed E-state index contributed by atoms with van der Waals surface area (Å²) in [6.07, 6.45) is 3.71. The van der Waals surface area contributed by atoms with Crippen LogP contribution in [0, 0.1) is 0 Å². The van der Waals surface area contributed by atoms with Crippen LogP contribution in [-0.2, 0) is 4.79 Å². The number of rotatable bonds is 2. The molecule has 0 radical (unpaired) electrons. The summed E-state index contributed by atoms with van der Waals surface area (Å²) in [5.74, 6) is 0.625. The Bertz CT molecular complexity index is 1460. The van der Waals surface area contributed by atoms with Gasteiger partial charge in [-0.15, -0.1) is 0 Å². The predicted molar refractivity (Wildman–Crippen MR) is 121 cm³/mol. The number of para-hydroxylation sites is 1. The smallest absolute Gasteiger partial charge is 0.312 e. The van der Waals surface area contributed by atoms with E-state index in [1.807, 2.05) is 54.6 Å². The molecular formula is C27H18O5. The van der Waals surface area contributed by atoms with Crippen molar-refractivity contribution in [3.63, 3.8) is 0 Å². The maximum Gasteiger partial charge on any atom is 0.312 e. The van der Waals surface area contributed by atoms with Crippen LogP contribution in [0.1, 0.15) is 23.5 Å². The van der Waals surface area contributed by atoms with Crippen molar-refractivity contribution >= 4 is 23.0 Å². The number of fused-ring (bicyclic) bond motifs is 4. The van der Waals surface area contributed by atoms with E-state index in [9.17, 15) is 9.59 Å². The van der Waals surface area contributed by atoms with Gasteiger partial charge in [0.15, 0.2) is 0 Å². The molecule has 1 aromatic heterocycles. The summed E-state index contributed by atoms with van der Waals surface area (Å²) < 4.78 is 17.5. The highest BCUT2D eigenvalue weighted by atomic mass is 16.5. The molecule has 0 fully saturated rings. The summed E-state index contributed by atoms with van der Waals surface area (Å²) in [5.41, 5.74) is 4.25. The lowest BCUT2D eigenvalue weighted by Gasteiger charge is -2.29. The highest BCUT2D eigenvalue weighted by Gasteiger charge is 2.34. The summed E-state index contributed by atoms with van der Waals surface area (Å²) in [6.45, 7) is 0.358. The Balaban J connectivity index is 1.54. The normalized spacial score (nSPS) is 17.1. The zero-order chi connectivity index (χ0) is 21.7. The van der Waals surface area contributed by atoms with Crippen LogP contribution in [-0.4, -0.2) is 12.6 Å². The third kappa shape index (κ3) is 2.94. The van der Waals surface area contributed by atoms with Gasteiger partial charge in [-0.25, -0.2) is 0 Å². The molecule has 0 saturated carbocycles.